The Labute approximate surface area is 173 Å². The summed E-state index contributed by atoms with van der Waals surface area (Å²) in [6, 6.07) is 10.6. The molecule has 8 heteroatoms. The monoisotopic (exact) mass is 406 g/mol. The lowest BCUT2D eigenvalue weighted by atomic mass is 10.2. The summed E-state index contributed by atoms with van der Waals surface area (Å²) < 4.78 is 7.07. The van der Waals surface area contributed by atoms with Gasteiger partial charge in [0.05, 0.1) is 5.69 Å². The van der Waals surface area contributed by atoms with Crippen molar-refractivity contribution in [2.75, 3.05) is 18.0 Å². The first-order valence-corrected chi connectivity index (χ1v) is 9.78. The smallest absolute Gasteiger partial charge is 0.325 e. The van der Waals surface area contributed by atoms with E-state index in [2.05, 4.69) is 10.3 Å². The number of esters is 1. The van der Waals surface area contributed by atoms with Crippen LogP contribution in [0.3, 0.4) is 0 Å². The Kier molecular flexibility index (Phi) is 5.47. The van der Waals surface area contributed by atoms with E-state index in [1.807, 2.05) is 29.7 Å². The van der Waals surface area contributed by atoms with Crippen LogP contribution in [0.4, 0.5) is 5.69 Å². The first-order valence-electron chi connectivity index (χ1n) is 9.78. The average Bonchev–Trinajstić information content (AvgIpc) is 3.35. The molecule has 0 unspecified atom stereocenters. The van der Waals surface area contributed by atoms with Gasteiger partial charge in [0, 0.05) is 36.6 Å². The van der Waals surface area contributed by atoms with Gasteiger partial charge in [-0.15, -0.1) is 0 Å². The summed E-state index contributed by atoms with van der Waals surface area (Å²) in [5.41, 5.74) is 3.70. The Morgan fingerprint density at radius 1 is 1.13 bits per heavy atom. The van der Waals surface area contributed by atoms with Crippen molar-refractivity contribution in [3.8, 4) is 0 Å². The fourth-order valence-electron chi connectivity index (χ4n) is 3.40. The van der Waals surface area contributed by atoms with E-state index in [0.717, 1.165) is 23.3 Å². The van der Waals surface area contributed by atoms with Gasteiger partial charge in [0.15, 0.2) is 0 Å². The highest BCUT2D eigenvalue weighted by atomic mass is 16.5. The minimum Gasteiger partial charge on any atom is -0.458 e. The lowest BCUT2D eigenvalue weighted by molar-refractivity contribution is -0.143. The Morgan fingerprint density at radius 2 is 1.93 bits per heavy atom. The molecule has 2 amide bonds. The third-order valence-corrected chi connectivity index (χ3v) is 4.94. The standard InChI is InChI=1S/C22H22N4O4/c1-15-4-9-19-24-17(13-25(19)12-15)14-30-21(28)11-23-22(29)16-5-7-18(8-6-16)26-10-2-3-20(26)27/h4-9,12-13H,2-3,10-11,14H2,1H3,(H,23,29). The zero-order valence-corrected chi connectivity index (χ0v) is 16.6. The molecule has 4 rings (SSSR count). The first-order chi connectivity index (χ1) is 14.5. The number of anilines is 1. The minimum atomic E-state index is -0.545. The molecule has 3 heterocycles. The van der Waals surface area contributed by atoms with Gasteiger partial charge in [0.1, 0.15) is 18.8 Å². The number of aromatic nitrogens is 2. The molecule has 1 aliphatic heterocycles. The number of fused-ring (bicyclic) bond motifs is 1. The number of carbonyl (C=O) groups excluding carboxylic acids is 3. The molecule has 154 valence electrons. The highest BCUT2D eigenvalue weighted by molar-refractivity contribution is 5.98. The van der Waals surface area contributed by atoms with Crippen LogP contribution in [0.5, 0.6) is 0 Å². The zero-order valence-electron chi connectivity index (χ0n) is 16.6. The Balaban J connectivity index is 1.26. The fourth-order valence-corrected chi connectivity index (χ4v) is 3.40. The van der Waals surface area contributed by atoms with Crippen molar-refractivity contribution in [2.24, 2.45) is 0 Å². The summed E-state index contributed by atoms with van der Waals surface area (Å²) in [5, 5.41) is 2.55. The fraction of sp³-hybridized carbons (Fsp3) is 0.273. The average molecular weight is 406 g/mol. The number of aryl methyl sites for hydroxylation is 1. The summed E-state index contributed by atoms with van der Waals surface area (Å²) in [5.74, 6) is -0.832. The minimum absolute atomic E-state index is 0.0357. The molecule has 1 aliphatic rings. The highest BCUT2D eigenvalue weighted by Gasteiger charge is 2.21. The van der Waals surface area contributed by atoms with Crippen LogP contribution in [0.1, 0.15) is 34.5 Å². The summed E-state index contributed by atoms with van der Waals surface area (Å²) in [4.78, 5) is 42.1. The third kappa shape index (κ3) is 4.32. The quantitative estimate of drug-likeness (QED) is 0.634. The van der Waals surface area contributed by atoms with Gasteiger partial charge < -0.3 is 19.4 Å². The molecule has 1 N–H and O–H groups in total. The van der Waals surface area contributed by atoms with Gasteiger partial charge in [-0.05, 0) is 49.2 Å². The van der Waals surface area contributed by atoms with E-state index < -0.39 is 5.97 Å². The first kappa shape index (κ1) is 19.6. The molecule has 0 spiro atoms. The number of ether oxygens (including phenoxy) is 1. The van der Waals surface area contributed by atoms with Gasteiger partial charge in [-0.1, -0.05) is 6.07 Å². The summed E-state index contributed by atoms with van der Waals surface area (Å²) in [7, 11) is 0. The van der Waals surface area contributed by atoms with Crippen molar-refractivity contribution in [3.05, 3.63) is 65.6 Å². The molecule has 3 aromatic rings. The molecule has 2 aromatic heterocycles. The van der Waals surface area contributed by atoms with E-state index in [9.17, 15) is 14.4 Å². The summed E-state index contributed by atoms with van der Waals surface area (Å²) in [6.07, 6.45) is 5.15. The van der Waals surface area contributed by atoms with E-state index >= 15 is 0 Å². The molecule has 30 heavy (non-hydrogen) atoms. The molecular formula is C22H22N4O4. The number of nitrogens with zero attached hydrogens (tertiary/aromatic N) is 3. The van der Waals surface area contributed by atoms with Crippen molar-refractivity contribution in [2.45, 2.75) is 26.4 Å². The third-order valence-electron chi connectivity index (χ3n) is 4.94. The number of hydrogen-bond donors (Lipinski definition) is 1. The number of benzene rings is 1. The number of carbonyl (C=O) groups is 3. The molecule has 0 bridgehead atoms. The van der Waals surface area contributed by atoms with Crippen molar-refractivity contribution in [1.82, 2.24) is 14.7 Å². The Hall–Kier alpha value is -3.68. The van der Waals surface area contributed by atoms with E-state index in [1.165, 1.54) is 0 Å². The lowest BCUT2D eigenvalue weighted by Crippen LogP contribution is -2.30. The van der Waals surface area contributed by atoms with Gasteiger partial charge in [-0.2, -0.15) is 0 Å². The maximum absolute atomic E-state index is 12.3. The van der Waals surface area contributed by atoms with Crippen LogP contribution in [-0.2, 0) is 20.9 Å². The van der Waals surface area contributed by atoms with E-state index in [4.69, 9.17) is 4.74 Å². The van der Waals surface area contributed by atoms with Crippen LogP contribution >= 0.6 is 0 Å². The van der Waals surface area contributed by atoms with Crippen LogP contribution in [-0.4, -0.2) is 40.3 Å². The van der Waals surface area contributed by atoms with Crippen molar-refractivity contribution >= 4 is 29.1 Å². The number of nitrogens with one attached hydrogen (secondary N) is 1. The predicted molar refractivity (Wildman–Crippen MR) is 110 cm³/mol. The second-order valence-electron chi connectivity index (χ2n) is 7.24. The molecule has 0 atom stereocenters. The SMILES string of the molecule is Cc1ccc2nc(COC(=O)CNC(=O)c3ccc(N4CCCC4=O)cc3)cn2c1. The molecule has 1 aromatic carbocycles. The second kappa shape index (κ2) is 8.36. The van der Waals surface area contributed by atoms with Gasteiger partial charge >= 0.3 is 5.97 Å². The molecular weight excluding hydrogens is 384 g/mol. The molecule has 0 saturated carbocycles. The van der Waals surface area contributed by atoms with Gasteiger partial charge in [-0.25, -0.2) is 4.98 Å². The maximum atomic E-state index is 12.3. The number of rotatable bonds is 6. The summed E-state index contributed by atoms with van der Waals surface area (Å²) in [6.45, 7) is 2.48. The van der Waals surface area contributed by atoms with Crippen molar-refractivity contribution in [1.29, 1.82) is 0 Å². The molecule has 8 nitrogen and oxygen atoms in total. The van der Waals surface area contributed by atoms with Crippen LogP contribution in [0.25, 0.3) is 5.65 Å². The predicted octanol–water partition coefficient (Wildman–Crippen LogP) is 2.24. The van der Waals surface area contributed by atoms with Crippen LogP contribution in [0.2, 0.25) is 0 Å². The topological polar surface area (TPSA) is 93.0 Å². The molecule has 1 saturated heterocycles. The summed E-state index contributed by atoms with van der Waals surface area (Å²) >= 11 is 0. The van der Waals surface area contributed by atoms with Gasteiger partial charge in [-0.3, -0.25) is 14.4 Å². The molecule has 0 aliphatic carbocycles. The normalized spacial score (nSPS) is 13.6. The zero-order chi connectivity index (χ0) is 21.1. The Morgan fingerprint density at radius 3 is 2.67 bits per heavy atom. The van der Waals surface area contributed by atoms with E-state index in [1.54, 1.807) is 35.4 Å². The number of amides is 2. The van der Waals surface area contributed by atoms with Crippen LogP contribution in [0.15, 0.2) is 48.8 Å². The molecule has 1 fully saturated rings. The van der Waals surface area contributed by atoms with Crippen LogP contribution < -0.4 is 10.2 Å². The number of pyridine rings is 1. The number of hydrogen-bond acceptors (Lipinski definition) is 5. The highest BCUT2D eigenvalue weighted by Crippen LogP contribution is 2.21. The maximum Gasteiger partial charge on any atom is 0.325 e. The Bertz CT molecular complexity index is 1100. The van der Waals surface area contributed by atoms with Crippen molar-refractivity contribution in [3.63, 3.8) is 0 Å². The molecule has 0 radical (unpaired) electrons. The second-order valence-corrected chi connectivity index (χ2v) is 7.24. The van der Waals surface area contributed by atoms with Crippen molar-refractivity contribution < 1.29 is 19.1 Å². The van der Waals surface area contributed by atoms with E-state index in [0.29, 0.717) is 24.2 Å². The van der Waals surface area contributed by atoms with E-state index in [-0.39, 0.29) is 25.0 Å². The van der Waals surface area contributed by atoms with Gasteiger partial charge in [0.25, 0.3) is 5.91 Å². The van der Waals surface area contributed by atoms with Crippen LogP contribution in [0, 0.1) is 6.92 Å². The number of imidazole rings is 1. The largest absolute Gasteiger partial charge is 0.458 e. The lowest BCUT2D eigenvalue weighted by Gasteiger charge is -2.15. The van der Waals surface area contributed by atoms with Gasteiger partial charge in [0.2, 0.25) is 5.91 Å².